The SMILES string of the molecule is Fc1ccc(Sc2ncnc3ccsc23)c(F)c1. The van der Waals surface area contributed by atoms with Crippen molar-refractivity contribution in [1.82, 2.24) is 9.97 Å². The quantitative estimate of drug-likeness (QED) is 0.660. The molecule has 0 unspecified atom stereocenters. The fourth-order valence-corrected chi connectivity index (χ4v) is 3.30. The molecule has 18 heavy (non-hydrogen) atoms. The molecule has 1 aromatic carbocycles. The molecular formula is C12H6F2N2S2. The summed E-state index contributed by atoms with van der Waals surface area (Å²) < 4.78 is 27.3. The number of fused-ring (bicyclic) bond motifs is 1. The lowest BCUT2D eigenvalue weighted by Gasteiger charge is -2.03. The molecule has 3 aromatic rings. The fraction of sp³-hybridized carbons (Fsp3) is 0. The fourth-order valence-electron chi connectivity index (χ4n) is 1.50. The molecule has 0 aliphatic heterocycles. The van der Waals surface area contributed by atoms with Crippen molar-refractivity contribution in [3.8, 4) is 0 Å². The van der Waals surface area contributed by atoms with Gasteiger partial charge in [0.2, 0.25) is 0 Å². The molecular weight excluding hydrogens is 274 g/mol. The Morgan fingerprint density at radius 3 is 2.83 bits per heavy atom. The predicted octanol–water partition coefficient (Wildman–Crippen LogP) is 4.12. The standard InChI is InChI=1S/C12H6F2N2S2/c13-7-1-2-10(8(14)5-7)18-12-11-9(3-4-17-11)15-6-16-12/h1-6H. The average molecular weight is 280 g/mol. The molecule has 2 aromatic heterocycles. The lowest BCUT2D eigenvalue weighted by molar-refractivity contribution is 0.565. The molecule has 0 N–H and O–H groups in total. The third-order valence-electron chi connectivity index (χ3n) is 2.31. The van der Waals surface area contributed by atoms with E-state index in [0.29, 0.717) is 9.92 Å². The molecule has 0 bridgehead atoms. The van der Waals surface area contributed by atoms with E-state index in [-0.39, 0.29) is 0 Å². The van der Waals surface area contributed by atoms with Crippen LogP contribution in [0.5, 0.6) is 0 Å². The summed E-state index contributed by atoms with van der Waals surface area (Å²) >= 11 is 2.67. The summed E-state index contributed by atoms with van der Waals surface area (Å²) in [5.41, 5.74) is 0.833. The first kappa shape index (κ1) is 11.6. The van der Waals surface area contributed by atoms with Crippen molar-refractivity contribution in [3.63, 3.8) is 0 Å². The van der Waals surface area contributed by atoms with E-state index in [0.717, 1.165) is 16.3 Å². The number of hydrogen-bond acceptors (Lipinski definition) is 4. The van der Waals surface area contributed by atoms with E-state index in [1.54, 1.807) is 0 Å². The van der Waals surface area contributed by atoms with Crippen molar-refractivity contribution in [2.75, 3.05) is 0 Å². The molecule has 0 spiro atoms. The number of rotatable bonds is 2. The first-order valence-electron chi connectivity index (χ1n) is 5.05. The van der Waals surface area contributed by atoms with Crippen molar-refractivity contribution in [2.45, 2.75) is 9.92 Å². The van der Waals surface area contributed by atoms with Crippen LogP contribution < -0.4 is 0 Å². The highest BCUT2D eigenvalue weighted by Crippen LogP contribution is 2.34. The zero-order valence-electron chi connectivity index (χ0n) is 8.93. The Kier molecular flexibility index (Phi) is 2.97. The average Bonchev–Trinajstić information content (AvgIpc) is 2.82. The summed E-state index contributed by atoms with van der Waals surface area (Å²) in [4.78, 5) is 8.60. The van der Waals surface area contributed by atoms with Crippen LogP contribution in [0.4, 0.5) is 8.78 Å². The van der Waals surface area contributed by atoms with Crippen LogP contribution in [0.15, 0.2) is 45.9 Å². The maximum Gasteiger partial charge on any atom is 0.140 e. The molecule has 0 amide bonds. The van der Waals surface area contributed by atoms with Crippen LogP contribution in [0.3, 0.4) is 0 Å². The van der Waals surface area contributed by atoms with E-state index in [4.69, 9.17) is 0 Å². The van der Waals surface area contributed by atoms with Crippen molar-refractivity contribution in [3.05, 3.63) is 47.6 Å². The number of hydrogen-bond donors (Lipinski definition) is 0. The smallest absolute Gasteiger partial charge is 0.140 e. The lowest BCUT2D eigenvalue weighted by Crippen LogP contribution is -1.86. The molecule has 0 saturated carbocycles. The van der Waals surface area contributed by atoms with E-state index in [1.807, 2.05) is 11.4 Å². The van der Waals surface area contributed by atoms with Gasteiger partial charge in [0.25, 0.3) is 0 Å². The molecule has 0 radical (unpaired) electrons. The van der Waals surface area contributed by atoms with Crippen molar-refractivity contribution in [2.24, 2.45) is 0 Å². The van der Waals surface area contributed by atoms with E-state index in [9.17, 15) is 8.78 Å². The summed E-state index contributed by atoms with van der Waals surface area (Å²) in [5.74, 6) is -1.16. The zero-order valence-corrected chi connectivity index (χ0v) is 10.6. The van der Waals surface area contributed by atoms with Gasteiger partial charge in [0.1, 0.15) is 23.0 Å². The molecule has 2 heterocycles. The van der Waals surface area contributed by atoms with E-state index in [2.05, 4.69) is 9.97 Å². The van der Waals surface area contributed by atoms with Crippen LogP contribution in [0.1, 0.15) is 0 Å². The molecule has 0 saturated heterocycles. The summed E-state index contributed by atoms with van der Waals surface area (Å²) in [7, 11) is 0. The van der Waals surface area contributed by atoms with Gasteiger partial charge in [0.05, 0.1) is 10.2 Å². The maximum absolute atomic E-state index is 13.6. The molecule has 0 atom stereocenters. The lowest BCUT2D eigenvalue weighted by atomic mass is 10.3. The van der Waals surface area contributed by atoms with Gasteiger partial charge in [0, 0.05) is 11.0 Å². The van der Waals surface area contributed by atoms with Gasteiger partial charge in [-0.15, -0.1) is 11.3 Å². The minimum absolute atomic E-state index is 0.352. The largest absolute Gasteiger partial charge is 0.235 e. The number of halogens is 2. The van der Waals surface area contributed by atoms with Crippen LogP contribution in [0.25, 0.3) is 10.2 Å². The Labute approximate surface area is 110 Å². The molecule has 6 heteroatoms. The Morgan fingerprint density at radius 1 is 1.11 bits per heavy atom. The summed E-state index contributed by atoms with van der Waals surface area (Å²) in [5, 5.41) is 2.59. The Morgan fingerprint density at radius 2 is 2.00 bits per heavy atom. The highest BCUT2D eigenvalue weighted by molar-refractivity contribution is 7.99. The minimum atomic E-state index is -0.583. The van der Waals surface area contributed by atoms with Crippen molar-refractivity contribution < 1.29 is 8.78 Å². The Hall–Kier alpha value is -1.53. The van der Waals surface area contributed by atoms with Crippen molar-refractivity contribution >= 4 is 33.3 Å². The minimum Gasteiger partial charge on any atom is -0.235 e. The number of nitrogens with zero attached hydrogens (tertiary/aromatic N) is 2. The van der Waals surface area contributed by atoms with Gasteiger partial charge in [-0.25, -0.2) is 18.7 Å². The predicted molar refractivity (Wildman–Crippen MR) is 67.9 cm³/mol. The zero-order chi connectivity index (χ0) is 12.5. The van der Waals surface area contributed by atoms with Crippen LogP contribution in [-0.4, -0.2) is 9.97 Å². The van der Waals surface area contributed by atoms with Gasteiger partial charge in [0.15, 0.2) is 0 Å². The first-order chi connectivity index (χ1) is 8.74. The molecule has 2 nitrogen and oxygen atoms in total. The van der Waals surface area contributed by atoms with E-state index >= 15 is 0 Å². The number of benzene rings is 1. The Bertz CT molecular complexity index is 712. The van der Waals surface area contributed by atoms with Crippen LogP contribution in [-0.2, 0) is 0 Å². The summed E-state index contributed by atoms with van der Waals surface area (Å²) in [6, 6.07) is 5.40. The first-order valence-corrected chi connectivity index (χ1v) is 6.75. The monoisotopic (exact) mass is 280 g/mol. The molecule has 0 aliphatic carbocycles. The second-order valence-corrected chi connectivity index (χ2v) is 5.44. The summed E-state index contributed by atoms with van der Waals surface area (Å²) in [6.07, 6.45) is 1.44. The molecule has 0 aliphatic rings. The van der Waals surface area contributed by atoms with Gasteiger partial charge in [-0.1, -0.05) is 11.8 Å². The maximum atomic E-state index is 13.6. The summed E-state index contributed by atoms with van der Waals surface area (Å²) in [6.45, 7) is 0. The molecule has 0 fully saturated rings. The van der Waals surface area contributed by atoms with E-state index in [1.165, 1.54) is 41.6 Å². The van der Waals surface area contributed by atoms with Crippen molar-refractivity contribution in [1.29, 1.82) is 0 Å². The van der Waals surface area contributed by atoms with Gasteiger partial charge in [-0.2, -0.15) is 0 Å². The van der Waals surface area contributed by atoms with Crippen LogP contribution in [0.2, 0.25) is 0 Å². The highest BCUT2D eigenvalue weighted by atomic mass is 32.2. The van der Waals surface area contributed by atoms with Crippen LogP contribution >= 0.6 is 23.1 Å². The highest BCUT2D eigenvalue weighted by Gasteiger charge is 2.10. The number of aromatic nitrogens is 2. The second-order valence-electron chi connectivity index (χ2n) is 3.49. The number of thiophene rings is 1. The second kappa shape index (κ2) is 4.62. The third kappa shape index (κ3) is 2.09. The Balaban J connectivity index is 2.03. The normalized spacial score (nSPS) is 11.0. The van der Waals surface area contributed by atoms with E-state index < -0.39 is 11.6 Å². The van der Waals surface area contributed by atoms with Gasteiger partial charge in [-0.3, -0.25) is 0 Å². The molecule has 90 valence electrons. The van der Waals surface area contributed by atoms with Gasteiger partial charge < -0.3 is 0 Å². The molecule has 3 rings (SSSR count). The van der Waals surface area contributed by atoms with Gasteiger partial charge >= 0.3 is 0 Å². The topological polar surface area (TPSA) is 25.8 Å². The van der Waals surface area contributed by atoms with Crippen LogP contribution in [0, 0.1) is 11.6 Å². The third-order valence-corrected chi connectivity index (χ3v) is 4.40. The van der Waals surface area contributed by atoms with Gasteiger partial charge in [-0.05, 0) is 23.6 Å².